The lowest BCUT2D eigenvalue weighted by atomic mass is 10.1. The average Bonchev–Trinajstić information content (AvgIpc) is 2.98. The van der Waals surface area contributed by atoms with Crippen LogP contribution in [0.4, 0.5) is 0 Å². The molecule has 0 saturated carbocycles. The first-order valence-electron chi connectivity index (χ1n) is 12.4. The minimum atomic E-state index is -0.605. The summed E-state index contributed by atoms with van der Waals surface area (Å²) >= 11 is 1.03. The smallest absolute Gasteiger partial charge is 0.343 e. The van der Waals surface area contributed by atoms with Crippen LogP contribution in [0.5, 0.6) is 11.5 Å². The van der Waals surface area contributed by atoms with Gasteiger partial charge in [-0.1, -0.05) is 47.2 Å². The van der Waals surface area contributed by atoms with Crippen molar-refractivity contribution in [2.45, 2.75) is 23.6 Å². The maximum atomic E-state index is 12.9. The SMILES string of the molecule is COC(=O)c1ccc(OC(=O)c2ccc(C)cc2)c(Sc2cc(C(=O)OC)ccc2OC(=O)c2ccc(C)cc2)c1. The third-order valence-corrected chi connectivity index (χ3v) is 7.01. The van der Waals surface area contributed by atoms with Gasteiger partial charge in [0.2, 0.25) is 0 Å². The van der Waals surface area contributed by atoms with Crippen LogP contribution < -0.4 is 9.47 Å². The summed E-state index contributed by atoms with van der Waals surface area (Å²) in [6, 6.07) is 22.6. The van der Waals surface area contributed by atoms with Gasteiger partial charge in [-0.3, -0.25) is 0 Å². The van der Waals surface area contributed by atoms with Gasteiger partial charge < -0.3 is 18.9 Å². The van der Waals surface area contributed by atoms with Gasteiger partial charge in [0.05, 0.1) is 46.3 Å². The van der Waals surface area contributed by atoms with Gasteiger partial charge in [0.1, 0.15) is 11.5 Å². The van der Waals surface area contributed by atoms with Crippen LogP contribution in [-0.2, 0) is 9.47 Å². The van der Waals surface area contributed by atoms with Crippen LogP contribution in [0.2, 0.25) is 0 Å². The Morgan fingerprint density at radius 3 is 1.17 bits per heavy atom. The first-order valence-corrected chi connectivity index (χ1v) is 13.2. The molecule has 4 aromatic carbocycles. The van der Waals surface area contributed by atoms with E-state index in [9.17, 15) is 19.2 Å². The summed E-state index contributed by atoms with van der Waals surface area (Å²) in [5, 5.41) is 0. The Kier molecular flexibility index (Phi) is 9.21. The minimum Gasteiger partial charge on any atom is -0.465 e. The van der Waals surface area contributed by atoms with Crippen molar-refractivity contribution in [1.29, 1.82) is 0 Å². The van der Waals surface area contributed by atoms with Gasteiger partial charge in [-0.15, -0.1) is 0 Å². The van der Waals surface area contributed by atoms with Crippen molar-refractivity contribution in [2.75, 3.05) is 14.2 Å². The maximum Gasteiger partial charge on any atom is 0.343 e. The molecule has 0 atom stereocenters. The highest BCUT2D eigenvalue weighted by Crippen LogP contribution is 2.41. The molecule has 0 aliphatic heterocycles. The van der Waals surface area contributed by atoms with Crippen LogP contribution in [0.15, 0.2) is 94.7 Å². The maximum absolute atomic E-state index is 12.9. The fraction of sp³-hybridized carbons (Fsp3) is 0.125. The van der Waals surface area contributed by atoms with Crippen LogP contribution in [0.3, 0.4) is 0 Å². The van der Waals surface area contributed by atoms with E-state index in [1.807, 2.05) is 13.8 Å². The zero-order chi connectivity index (χ0) is 29.5. The van der Waals surface area contributed by atoms with Gasteiger partial charge in [0, 0.05) is 0 Å². The molecule has 0 spiro atoms. The molecule has 0 aromatic heterocycles. The molecule has 4 rings (SSSR count). The fourth-order valence-corrected chi connectivity index (χ4v) is 4.68. The molecular formula is C32H26O8S. The molecule has 0 radical (unpaired) electrons. The van der Waals surface area contributed by atoms with Crippen molar-refractivity contribution in [1.82, 2.24) is 0 Å². The summed E-state index contributed by atoms with van der Waals surface area (Å²) in [5.41, 5.74) is 3.05. The highest BCUT2D eigenvalue weighted by atomic mass is 32.2. The molecule has 4 aromatic rings. The van der Waals surface area contributed by atoms with E-state index >= 15 is 0 Å². The molecule has 0 bridgehead atoms. The van der Waals surface area contributed by atoms with E-state index in [0.717, 1.165) is 22.9 Å². The van der Waals surface area contributed by atoms with E-state index in [1.165, 1.54) is 50.6 Å². The highest BCUT2D eigenvalue weighted by molar-refractivity contribution is 7.99. The monoisotopic (exact) mass is 570 g/mol. The Hall–Kier alpha value is -4.89. The lowest BCUT2D eigenvalue weighted by molar-refractivity contribution is 0.0591. The number of aryl methyl sites for hydroxylation is 2. The van der Waals surface area contributed by atoms with Crippen molar-refractivity contribution >= 4 is 35.6 Å². The quantitative estimate of drug-likeness (QED) is 0.174. The lowest BCUT2D eigenvalue weighted by Crippen LogP contribution is -2.11. The number of carbonyl (C=O) groups is 4. The van der Waals surface area contributed by atoms with Crippen molar-refractivity contribution in [2.24, 2.45) is 0 Å². The van der Waals surface area contributed by atoms with Crippen LogP contribution >= 0.6 is 11.8 Å². The van der Waals surface area contributed by atoms with E-state index in [1.54, 1.807) is 48.5 Å². The highest BCUT2D eigenvalue weighted by Gasteiger charge is 2.20. The summed E-state index contributed by atoms with van der Waals surface area (Å²) in [5.74, 6) is -2.12. The number of carbonyl (C=O) groups excluding carboxylic acids is 4. The molecule has 0 heterocycles. The van der Waals surface area contributed by atoms with E-state index in [0.29, 0.717) is 20.9 Å². The van der Waals surface area contributed by atoms with Crippen LogP contribution in [0.25, 0.3) is 0 Å². The molecule has 0 aliphatic rings. The molecule has 41 heavy (non-hydrogen) atoms. The topological polar surface area (TPSA) is 105 Å². The number of esters is 4. The van der Waals surface area contributed by atoms with E-state index < -0.39 is 23.9 Å². The number of ether oxygens (including phenoxy) is 4. The molecule has 0 unspecified atom stereocenters. The second-order valence-electron chi connectivity index (χ2n) is 8.92. The van der Waals surface area contributed by atoms with Crippen molar-refractivity contribution in [3.63, 3.8) is 0 Å². The third kappa shape index (κ3) is 7.20. The standard InChI is InChI=1S/C32H26O8S/c1-19-5-9-21(10-6-19)31(35)39-25-15-13-23(29(33)37-3)17-27(25)41-28-18-24(30(34)38-4)14-16-26(28)40-32(36)22-11-7-20(2)8-12-22/h5-18H,1-4H3. The molecule has 0 amide bonds. The van der Waals surface area contributed by atoms with Gasteiger partial charge in [0.15, 0.2) is 0 Å². The number of benzene rings is 4. The van der Waals surface area contributed by atoms with Gasteiger partial charge in [0.25, 0.3) is 0 Å². The molecule has 208 valence electrons. The van der Waals surface area contributed by atoms with Crippen LogP contribution in [0, 0.1) is 13.8 Å². The van der Waals surface area contributed by atoms with E-state index in [4.69, 9.17) is 18.9 Å². The Morgan fingerprint density at radius 2 is 0.829 bits per heavy atom. The van der Waals surface area contributed by atoms with Crippen LogP contribution in [-0.4, -0.2) is 38.1 Å². The predicted molar refractivity (Wildman–Crippen MR) is 152 cm³/mol. The largest absolute Gasteiger partial charge is 0.465 e. The van der Waals surface area contributed by atoms with E-state index in [2.05, 4.69) is 0 Å². The summed E-state index contributed by atoms with van der Waals surface area (Å²) in [4.78, 5) is 51.1. The first kappa shape index (κ1) is 29.1. The zero-order valence-electron chi connectivity index (χ0n) is 22.8. The molecule has 0 N–H and O–H groups in total. The van der Waals surface area contributed by atoms with Gasteiger partial charge in [-0.05, 0) is 74.5 Å². The Bertz CT molecular complexity index is 1490. The third-order valence-electron chi connectivity index (χ3n) is 5.93. The molecule has 0 saturated heterocycles. The van der Waals surface area contributed by atoms with E-state index in [-0.39, 0.29) is 22.6 Å². The molecule has 8 nitrogen and oxygen atoms in total. The summed E-state index contributed by atoms with van der Waals surface area (Å²) in [6.45, 7) is 3.81. The van der Waals surface area contributed by atoms with Crippen molar-refractivity contribution in [3.05, 3.63) is 118 Å². The van der Waals surface area contributed by atoms with Gasteiger partial charge in [-0.25, -0.2) is 19.2 Å². The average molecular weight is 571 g/mol. The second kappa shape index (κ2) is 13.0. The van der Waals surface area contributed by atoms with Crippen molar-refractivity contribution < 1.29 is 38.1 Å². The Morgan fingerprint density at radius 1 is 0.488 bits per heavy atom. The molecule has 0 fully saturated rings. The summed E-state index contributed by atoms with van der Waals surface area (Å²) < 4.78 is 21.1. The Balaban J connectivity index is 1.74. The fourth-order valence-electron chi connectivity index (χ4n) is 3.65. The molecule has 9 heteroatoms. The number of hydrogen-bond donors (Lipinski definition) is 0. The predicted octanol–water partition coefficient (Wildman–Crippen LogP) is 6.47. The van der Waals surface area contributed by atoms with Crippen molar-refractivity contribution in [3.8, 4) is 11.5 Å². The zero-order valence-corrected chi connectivity index (χ0v) is 23.6. The van der Waals surface area contributed by atoms with Gasteiger partial charge in [-0.2, -0.15) is 0 Å². The Labute approximate surface area is 241 Å². The second-order valence-corrected chi connectivity index (χ2v) is 10.0. The number of methoxy groups -OCH3 is 2. The number of rotatable bonds is 8. The molecular weight excluding hydrogens is 544 g/mol. The normalized spacial score (nSPS) is 10.4. The molecule has 0 aliphatic carbocycles. The minimum absolute atomic E-state index is 0.146. The van der Waals surface area contributed by atoms with Gasteiger partial charge >= 0.3 is 23.9 Å². The lowest BCUT2D eigenvalue weighted by Gasteiger charge is -2.15. The first-order chi connectivity index (χ1) is 19.7. The summed E-state index contributed by atoms with van der Waals surface area (Å²) in [6.07, 6.45) is 0. The summed E-state index contributed by atoms with van der Waals surface area (Å²) in [7, 11) is 2.51. The number of hydrogen-bond acceptors (Lipinski definition) is 9. The van der Waals surface area contributed by atoms with Crippen LogP contribution in [0.1, 0.15) is 52.6 Å².